The van der Waals surface area contributed by atoms with Gasteiger partial charge in [-0.25, -0.2) is 4.99 Å². The van der Waals surface area contributed by atoms with Crippen LogP contribution in [-0.2, 0) is 10.2 Å². The molecule has 3 heterocycles. The molecule has 0 bridgehead atoms. The van der Waals surface area contributed by atoms with Crippen molar-refractivity contribution in [2.75, 3.05) is 11.9 Å². The van der Waals surface area contributed by atoms with E-state index in [0.29, 0.717) is 41.7 Å². The number of hydrogen-bond acceptors (Lipinski definition) is 6. The monoisotopic (exact) mass is 430 g/mol. The summed E-state index contributed by atoms with van der Waals surface area (Å²) in [7, 11) is 0. The topological polar surface area (TPSA) is 88.6 Å². The molecule has 4 rings (SSSR count). The smallest absolute Gasteiger partial charge is 0.322 e. The quantitative estimate of drug-likeness (QED) is 0.504. The molecule has 0 amide bonds. The standard InChI is InChI=1S/C22H27ClN4O3/c1-5-7-14-10-22(6-2,15-11-25-27-19(15)26-14)20(28)29-17-9-13(23)8-16-18(17)30-21(3,4)12-24-16/h8-9,11,24H,5-7,10,12H2,1-4H3,(H,25,27). The molecule has 0 aliphatic carbocycles. The lowest BCUT2D eigenvalue weighted by Gasteiger charge is -2.36. The highest BCUT2D eigenvalue weighted by molar-refractivity contribution is 6.31. The highest BCUT2D eigenvalue weighted by Crippen LogP contribution is 2.46. The van der Waals surface area contributed by atoms with Crippen molar-refractivity contribution < 1.29 is 14.3 Å². The van der Waals surface area contributed by atoms with Gasteiger partial charge in [0.1, 0.15) is 11.0 Å². The largest absolute Gasteiger partial charge is 0.480 e. The molecule has 0 spiro atoms. The third kappa shape index (κ3) is 3.55. The number of H-pyrrole nitrogens is 1. The molecule has 8 heteroatoms. The van der Waals surface area contributed by atoms with Gasteiger partial charge in [-0.2, -0.15) is 5.10 Å². The molecule has 2 aliphatic heterocycles. The van der Waals surface area contributed by atoms with Crippen LogP contribution in [0.1, 0.15) is 58.9 Å². The molecule has 1 atom stereocenters. The predicted molar refractivity (Wildman–Crippen MR) is 117 cm³/mol. The van der Waals surface area contributed by atoms with E-state index in [1.165, 1.54) is 0 Å². The molecule has 30 heavy (non-hydrogen) atoms. The summed E-state index contributed by atoms with van der Waals surface area (Å²) in [5.41, 5.74) is 1.16. The van der Waals surface area contributed by atoms with Crippen LogP contribution in [0.25, 0.3) is 0 Å². The molecule has 2 N–H and O–H groups in total. The van der Waals surface area contributed by atoms with Gasteiger partial charge in [0.25, 0.3) is 0 Å². The molecule has 1 aromatic carbocycles. The number of fused-ring (bicyclic) bond motifs is 2. The third-order valence-corrected chi connectivity index (χ3v) is 5.97. The number of ether oxygens (including phenoxy) is 2. The summed E-state index contributed by atoms with van der Waals surface area (Å²) in [5, 5.41) is 10.8. The Labute approximate surface area is 181 Å². The van der Waals surface area contributed by atoms with Crippen LogP contribution in [0.15, 0.2) is 23.3 Å². The summed E-state index contributed by atoms with van der Waals surface area (Å²) in [6.07, 6.45) is 4.53. The number of aromatic nitrogens is 2. The number of rotatable bonds is 5. The second-order valence-corrected chi connectivity index (χ2v) is 8.99. The van der Waals surface area contributed by atoms with Crippen LogP contribution >= 0.6 is 11.6 Å². The maximum Gasteiger partial charge on any atom is 0.322 e. The van der Waals surface area contributed by atoms with E-state index in [1.807, 2.05) is 20.8 Å². The molecule has 1 unspecified atom stereocenters. The Balaban J connectivity index is 1.72. The van der Waals surface area contributed by atoms with Crippen LogP contribution in [0.4, 0.5) is 11.5 Å². The van der Waals surface area contributed by atoms with E-state index in [9.17, 15) is 4.79 Å². The summed E-state index contributed by atoms with van der Waals surface area (Å²) < 4.78 is 12.1. The average molecular weight is 431 g/mol. The molecule has 2 aromatic rings. The zero-order valence-electron chi connectivity index (χ0n) is 17.8. The Kier molecular flexibility index (Phi) is 5.26. The molecule has 0 saturated carbocycles. The first-order chi connectivity index (χ1) is 14.3. The lowest BCUT2D eigenvalue weighted by molar-refractivity contribution is -0.141. The van der Waals surface area contributed by atoms with E-state index < -0.39 is 11.0 Å². The van der Waals surface area contributed by atoms with Crippen LogP contribution in [0.5, 0.6) is 11.5 Å². The summed E-state index contributed by atoms with van der Waals surface area (Å²) in [6.45, 7) is 8.66. The maximum absolute atomic E-state index is 13.7. The molecule has 160 valence electrons. The van der Waals surface area contributed by atoms with Crippen LogP contribution in [0.2, 0.25) is 5.02 Å². The highest BCUT2D eigenvalue weighted by atomic mass is 35.5. The van der Waals surface area contributed by atoms with E-state index >= 15 is 0 Å². The van der Waals surface area contributed by atoms with Gasteiger partial charge in [0.2, 0.25) is 0 Å². The number of esters is 1. The van der Waals surface area contributed by atoms with E-state index in [-0.39, 0.29) is 5.97 Å². The summed E-state index contributed by atoms with van der Waals surface area (Å²) >= 11 is 6.30. The first-order valence-corrected chi connectivity index (χ1v) is 10.7. The molecule has 0 saturated heterocycles. The van der Waals surface area contributed by atoms with Crippen LogP contribution in [0.3, 0.4) is 0 Å². The van der Waals surface area contributed by atoms with Crippen molar-refractivity contribution in [2.45, 2.75) is 64.4 Å². The van der Waals surface area contributed by atoms with Gasteiger partial charge in [0.15, 0.2) is 17.3 Å². The fourth-order valence-corrected chi connectivity index (χ4v) is 4.34. The van der Waals surface area contributed by atoms with E-state index in [2.05, 4.69) is 27.4 Å². The Morgan fingerprint density at radius 3 is 2.87 bits per heavy atom. The Morgan fingerprint density at radius 1 is 1.33 bits per heavy atom. The number of aliphatic imine (C=N–C) groups is 1. The molecule has 0 radical (unpaired) electrons. The number of anilines is 1. The SMILES string of the molecule is CCCC1=Nc2[nH]ncc2C(CC)(C(=O)Oc2cc(Cl)cc3c2OC(C)(C)CN3)C1. The molecule has 1 aromatic heterocycles. The van der Waals surface area contributed by atoms with Crippen LogP contribution in [-0.4, -0.2) is 34.0 Å². The van der Waals surface area contributed by atoms with Gasteiger partial charge in [0, 0.05) is 28.8 Å². The van der Waals surface area contributed by atoms with Gasteiger partial charge in [-0.05, 0) is 32.8 Å². The first kappa shape index (κ1) is 20.7. The summed E-state index contributed by atoms with van der Waals surface area (Å²) in [6, 6.07) is 3.41. The van der Waals surface area contributed by atoms with E-state index in [1.54, 1.807) is 18.3 Å². The number of carbonyl (C=O) groups is 1. The second kappa shape index (κ2) is 7.61. The molecule has 0 fully saturated rings. The fourth-order valence-electron chi connectivity index (χ4n) is 4.13. The Hall–Kier alpha value is -2.54. The number of nitrogens with zero attached hydrogens (tertiary/aromatic N) is 2. The maximum atomic E-state index is 13.7. The van der Waals surface area contributed by atoms with Gasteiger partial charge < -0.3 is 14.8 Å². The number of halogens is 1. The van der Waals surface area contributed by atoms with Crippen molar-refractivity contribution in [1.29, 1.82) is 0 Å². The summed E-state index contributed by atoms with van der Waals surface area (Å²) in [5.74, 6) is 1.10. The van der Waals surface area contributed by atoms with Crippen molar-refractivity contribution in [2.24, 2.45) is 4.99 Å². The van der Waals surface area contributed by atoms with Crippen molar-refractivity contribution in [3.63, 3.8) is 0 Å². The van der Waals surface area contributed by atoms with Gasteiger partial charge in [-0.3, -0.25) is 9.89 Å². The van der Waals surface area contributed by atoms with Gasteiger partial charge in [-0.15, -0.1) is 0 Å². The Morgan fingerprint density at radius 2 is 2.13 bits per heavy atom. The number of carbonyl (C=O) groups excluding carboxylic acids is 1. The van der Waals surface area contributed by atoms with E-state index in [0.717, 1.165) is 29.8 Å². The van der Waals surface area contributed by atoms with Gasteiger partial charge in [-0.1, -0.05) is 31.9 Å². The van der Waals surface area contributed by atoms with Gasteiger partial charge in [0.05, 0.1) is 18.4 Å². The second-order valence-electron chi connectivity index (χ2n) is 8.56. The van der Waals surface area contributed by atoms with Crippen molar-refractivity contribution in [3.05, 3.63) is 28.9 Å². The normalized spacial score (nSPS) is 21.6. The van der Waals surface area contributed by atoms with Crippen molar-refractivity contribution in [3.8, 4) is 11.5 Å². The third-order valence-electron chi connectivity index (χ3n) is 5.75. The minimum atomic E-state index is -0.860. The number of benzene rings is 1. The molecular formula is C22H27ClN4O3. The lowest BCUT2D eigenvalue weighted by atomic mass is 9.73. The van der Waals surface area contributed by atoms with Crippen LogP contribution < -0.4 is 14.8 Å². The number of aromatic amines is 1. The zero-order valence-corrected chi connectivity index (χ0v) is 18.5. The fraction of sp³-hybridized carbons (Fsp3) is 0.500. The number of nitrogens with one attached hydrogen (secondary N) is 2. The minimum Gasteiger partial charge on any atom is -0.480 e. The predicted octanol–water partition coefficient (Wildman–Crippen LogP) is 5.18. The zero-order chi connectivity index (χ0) is 21.5. The molecular weight excluding hydrogens is 404 g/mol. The summed E-state index contributed by atoms with van der Waals surface area (Å²) in [4.78, 5) is 18.3. The van der Waals surface area contributed by atoms with Crippen molar-refractivity contribution >= 4 is 34.8 Å². The van der Waals surface area contributed by atoms with Gasteiger partial charge >= 0.3 is 5.97 Å². The molecule has 7 nitrogen and oxygen atoms in total. The average Bonchev–Trinajstić information content (AvgIpc) is 3.16. The Bertz CT molecular complexity index is 1010. The van der Waals surface area contributed by atoms with E-state index in [4.69, 9.17) is 21.1 Å². The first-order valence-electron chi connectivity index (χ1n) is 10.4. The minimum absolute atomic E-state index is 0.320. The number of hydrogen-bond donors (Lipinski definition) is 2. The lowest BCUT2D eigenvalue weighted by Crippen LogP contribution is -2.43. The molecule has 2 aliphatic rings. The van der Waals surface area contributed by atoms with Crippen molar-refractivity contribution in [1.82, 2.24) is 10.2 Å². The highest BCUT2D eigenvalue weighted by Gasteiger charge is 2.46. The van der Waals surface area contributed by atoms with Crippen LogP contribution in [0, 0.1) is 0 Å².